The van der Waals surface area contributed by atoms with Crippen LogP contribution in [0.5, 0.6) is 0 Å². The lowest BCUT2D eigenvalue weighted by Crippen LogP contribution is -2.41. The van der Waals surface area contributed by atoms with E-state index in [1.807, 2.05) is 0 Å². The Morgan fingerprint density at radius 2 is 1.71 bits per heavy atom. The van der Waals surface area contributed by atoms with Gasteiger partial charge in [-0.25, -0.2) is 0 Å². The third-order valence-electron chi connectivity index (χ3n) is 1.93. The largest absolute Gasteiger partial charge is 0.523 e. The fourth-order valence-corrected chi connectivity index (χ4v) is 1.65. The summed E-state index contributed by atoms with van der Waals surface area (Å²) in [7, 11) is -4.04. The van der Waals surface area contributed by atoms with Crippen LogP contribution in [0.25, 0.3) is 0 Å². The van der Waals surface area contributed by atoms with E-state index in [1.54, 1.807) is 0 Å². The maximum atomic E-state index is 11.8. The SMILES string of the molecule is COC1CC(OS(=O)(=O)C(F)(F)F)C1. The van der Waals surface area contributed by atoms with Gasteiger partial charge in [-0.15, -0.1) is 0 Å². The number of hydrogen-bond acceptors (Lipinski definition) is 4. The molecule has 0 aromatic rings. The van der Waals surface area contributed by atoms with Crippen LogP contribution in [0.2, 0.25) is 0 Å². The molecule has 84 valence electrons. The molecule has 0 saturated heterocycles. The van der Waals surface area contributed by atoms with E-state index >= 15 is 0 Å². The minimum atomic E-state index is -5.45. The van der Waals surface area contributed by atoms with Gasteiger partial charge in [-0.1, -0.05) is 0 Å². The van der Waals surface area contributed by atoms with Gasteiger partial charge in [0.2, 0.25) is 0 Å². The van der Waals surface area contributed by atoms with Crippen molar-refractivity contribution in [1.29, 1.82) is 0 Å². The van der Waals surface area contributed by atoms with E-state index in [4.69, 9.17) is 4.74 Å². The highest BCUT2D eigenvalue weighted by Crippen LogP contribution is 2.32. The minimum absolute atomic E-state index is 0.172. The molecular weight excluding hydrogens is 225 g/mol. The van der Waals surface area contributed by atoms with Crippen LogP contribution < -0.4 is 0 Å². The fraction of sp³-hybridized carbons (Fsp3) is 1.00. The van der Waals surface area contributed by atoms with Crippen LogP contribution >= 0.6 is 0 Å². The van der Waals surface area contributed by atoms with Gasteiger partial charge in [0, 0.05) is 20.0 Å². The van der Waals surface area contributed by atoms with Crippen LogP contribution in [0.15, 0.2) is 0 Å². The molecule has 1 saturated carbocycles. The molecule has 0 radical (unpaired) electrons. The second-order valence-corrected chi connectivity index (χ2v) is 4.51. The fourth-order valence-electron chi connectivity index (χ4n) is 1.02. The number of rotatable bonds is 3. The summed E-state index contributed by atoms with van der Waals surface area (Å²) in [6.45, 7) is 0. The zero-order chi connectivity index (χ0) is 11.0. The standard InChI is InChI=1S/C6H9F3O4S/c1-12-4-2-5(3-4)13-14(10,11)6(7,8)9/h4-5H,2-3H2,1H3. The molecule has 1 rings (SSSR count). The lowest BCUT2D eigenvalue weighted by molar-refractivity contribution is -0.0758. The van der Waals surface area contributed by atoms with Crippen molar-refractivity contribution in [1.82, 2.24) is 0 Å². The molecular formula is C6H9F3O4S. The van der Waals surface area contributed by atoms with Crippen LogP contribution in [0.4, 0.5) is 13.2 Å². The van der Waals surface area contributed by atoms with Crippen molar-refractivity contribution < 1.29 is 30.5 Å². The molecule has 8 heteroatoms. The summed E-state index contributed by atoms with van der Waals surface area (Å²) in [6, 6.07) is 0. The Morgan fingerprint density at radius 1 is 1.21 bits per heavy atom. The molecule has 1 fully saturated rings. The number of hydrogen-bond donors (Lipinski definition) is 0. The summed E-state index contributed by atoms with van der Waals surface area (Å²) in [4.78, 5) is 0. The number of halogens is 3. The lowest BCUT2D eigenvalue weighted by Gasteiger charge is -2.33. The van der Waals surface area contributed by atoms with Gasteiger partial charge in [-0.3, -0.25) is 4.18 Å². The van der Waals surface area contributed by atoms with Crippen molar-refractivity contribution in [2.24, 2.45) is 0 Å². The zero-order valence-electron chi connectivity index (χ0n) is 7.24. The van der Waals surface area contributed by atoms with E-state index in [0.717, 1.165) is 0 Å². The molecule has 0 heterocycles. The number of ether oxygens (including phenoxy) is 1. The van der Waals surface area contributed by atoms with E-state index in [0.29, 0.717) is 0 Å². The molecule has 0 N–H and O–H groups in total. The normalized spacial score (nSPS) is 28.6. The molecule has 4 nitrogen and oxygen atoms in total. The van der Waals surface area contributed by atoms with Crippen LogP contribution in [0.3, 0.4) is 0 Å². The third kappa shape index (κ3) is 2.37. The van der Waals surface area contributed by atoms with Crippen molar-refractivity contribution in [2.75, 3.05) is 7.11 Å². The Morgan fingerprint density at radius 3 is 2.07 bits per heavy atom. The maximum Gasteiger partial charge on any atom is 0.523 e. The third-order valence-corrected chi connectivity index (χ3v) is 3.02. The molecule has 0 aromatic heterocycles. The molecule has 1 aliphatic carbocycles. The van der Waals surface area contributed by atoms with Gasteiger partial charge in [0.25, 0.3) is 0 Å². The highest BCUT2D eigenvalue weighted by atomic mass is 32.2. The maximum absolute atomic E-state index is 11.8. The van der Waals surface area contributed by atoms with Crippen molar-refractivity contribution in [3.8, 4) is 0 Å². The van der Waals surface area contributed by atoms with Crippen LogP contribution in [-0.2, 0) is 19.0 Å². The smallest absolute Gasteiger partial charge is 0.381 e. The van der Waals surface area contributed by atoms with Crippen LogP contribution in [-0.4, -0.2) is 33.2 Å². The first kappa shape index (κ1) is 11.7. The summed E-state index contributed by atoms with van der Waals surface area (Å²) < 4.78 is 65.0. The molecule has 0 bridgehead atoms. The highest BCUT2D eigenvalue weighted by molar-refractivity contribution is 7.87. The first-order valence-electron chi connectivity index (χ1n) is 3.78. The summed E-state index contributed by atoms with van der Waals surface area (Å²) in [6.07, 6.45) is -0.771. The van der Waals surface area contributed by atoms with Gasteiger partial charge in [0.15, 0.2) is 0 Å². The van der Waals surface area contributed by atoms with Crippen molar-refractivity contribution in [3.63, 3.8) is 0 Å². The summed E-state index contributed by atoms with van der Waals surface area (Å²) in [5.41, 5.74) is -5.34. The average molecular weight is 234 g/mol. The van der Waals surface area contributed by atoms with Crippen molar-refractivity contribution >= 4 is 10.1 Å². The Balaban J connectivity index is 2.47. The van der Waals surface area contributed by atoms with Gasteiger partial charge in [0.1, 0.15) is 0 Å². The zero-order valence-corrected chi connectivity index (χ0v) is 8.06. The second-order valence-electron chi connectivity index (χ2n) is 2.95. The molecule has 0 aromatic carbocycles. The Kier molecular flexibility index (Phi) is 3.07. The quantitative estimate of drug-likeness (QED) is 0.540. The Bertz CT molecular complexity index is 291. The van der Waals surface area contributed by atoms with Gasteiger partial charge < -0.3 is 4.74 Å². The summed E-state index contributed by atoms with van der Waals surface area (Å²) in [5, 5.41) is 0. The monoisotopic (exact) mass is 234 g/mol. The molecule has 0 unspecified atom stereocenters. The van der Waals surface area contributed by atoms with Gasteiger partial charge in [-0.05, 0) is 0 Å². The first-order valence-corrected chi connectivity index (χ1v) is 5.19. The van der Waals surface area contributed by atoms with Crippen LogP contribution in [0, 0.1) is 0 Å². The molecule has 0 spiro atoms. The Labute approximate surface area is 79.1 Å². The second kappa shape index (κ2) is 3.67. The van der Waals surface area contributed by atoms with Gasteiger partial charge in [0.05, 0.1) is 12.2 Å². The Hall–Kier alpha value is -0.340. The predicted octanol–water partition coefficient (Wildman–Crippen LogP) is 1.03. The first-order chi connectivity index (χ1) is 6.26. The minimum Gasteiger partial charge on any atom is -0.381 e. The van der Waals surface area contributed by atoms with Crippen LogP contribution in [0.1, 0.15) is 12.8 Å². The molecule has 0 atom stereocenters. The van der Waals surface area contributed by atoms with E-state index in [-0.39, 0.29) is 18.9 Å². The number of alkyl halides is 3. The average Bonchev–Trinajstić information content (AvgIpc) is 1.93. The van der Waals surface area contributed by atoms with Crippen molar-refractivity contribution in [3.05, 3.63) is 0 Å². The van der Waals surface area contributed by atoms with E-state index in [9.17, 15) is 21.6 Å². The molecule has 0 aliphatic heterocycles. The lowest BCUT2D eigenvalue weighted by atomic mass is 9.92. The van der Waals surface area contributed by atoms with Gasteiger partial charge in [-0.2, -0.15) is 21.6 Å². The molecule has 0 amide bonds. The summed E-state index contributed by atoms with van der Waals surface area (Å²) >= 11 is 0. The molecule has 14 heavy (non-hydrogen) atoms. The van der Waals surface area contributed by atoms with E-state index in [1.165, 1.54) is 7.11 Å². The molecule has 1 aliphatic rings. The van der Waals surface area contributed by atoms with E-state index in [2.05, 4.69) is 4.18 Å². The van der Waals surface area contributed by atoms with Gasteiger partial charge >= 0.3 is 15.6 Å². The highest BCUT2D eigenvalue weighted by Gasteiger charge is 2.50. The summed E-state index contributed by atoms with van der Waals surface area (Å²) in [5.74, 6) is 0. The number of methoxy groups -OCH3 is 1. The topological polar surface area (TPSA) is 52.6 Å². The predicted molar refractivity (Wildman–Crippen MR) is 39.9 cm³/mol. The van der Waals surface area contributed by atoms with E-state index < -0.39 is 21.7 Å². The van der Waals surface area contributed by atoms with Crippen molar-refractivity contribution in [2.45, 2.75) is 30.6 Å².